The van der Waals surface area contributed by atoms with E-state index in [0.29, 0.717) is 11.7 Å². The number of carboxylic acids is 1. The van der Waals surface area contributed by atoms with Gasteiger partial charge in [0.1, 0.15) is 5.69 Å². The number of hydrogen-bond acceptors (Lipinski definition) is 7. The van der Waals surface area contributed by atoms with Crippen LogP contribution in [0, 0.1) is 19.8 Å². The zero-order chi connectivity index (χ0) is 21.1. The largest absolute Gasteiger partial charge is 0.478 e. The van der Waals surface area contributed by atoms with Crippen LogP contribution in [0.15, 0.2) is 38.2 Å². The molecule has 2 aliphatic heterocycles. The zero-order valence-electron chi connectivity index (χ0n) is 16.7. The maximum Gasteiger partial charge on any atom is 0.354 e. The van der Waals surface area contributed by atoms with E-state index in [1.54, 1.807) is 51.9 Å². The first-order valence-electron chi connectivity index (χ1n) is 9.19. The highest BCUT2D eigenvalue weighted by atomic mass is 32.2. The van der Waals surface area contributed by atoms with E-state index >= 15 is 0 Å². The molecule has 2 heterocycles. The van der Waals surface area contributed by atoms with E-state index in [2.05, 4.69) is 23.6 Å². The van der Waals surface area contributed by atoms with Crippen molar-refractivity contribution in [2.24, 2.45) is 5.92 Å². The second kappa shape index (κ2) is 9.23. The Balaban J connectivity index is 1.89. The van der Waals surface area contributed by atoms with Crippen molar-refractivity contribution in [2.75, 3.05) is 10.5 Å². The maximum absolute atomic E-state index is 12.6. The van der Waals surface area contributed by atoms with Crippen LogP contribution >= 0.6 is 35.0 Å². The number of rotatable bonds is 8. The van der Waals surface area contributed by atoms with Crippen molar-refractivity contribution in [3.63, 3.8) is 0 Å². The Morgan fingerprint density at radius 3 is 2.59 bits per heavy atom. The summed E-state index contributed by atoms with van der Waals surface area (Å²) in [5.41, 5.74) is 1.66. The molecule has 2 N–H and O–H groups in total. The lowest BCUT2D eigenvalue weighted by Crippen LogP contribution is -2.17. The van der Waals surface area contributed by atoms with Crippen molar-refractivity contribution < 1.29 is 9.90 Å². The quantitative estimate of drug-likeness (QED) is 0.356. The molecule has 0 atom stereocenters. The average Bonchev–Trinajstić information content (AvgIpc) is 3.00. The van der Waals surface area contributed by atoms with Crippen LogP contribution in [0.3, 0.4) is 0 Å². The second-order valence-electron chi connectivity index (χ2n) is 7.02. The standard InChI is InChI=1S/C20H23N3O3S3/c1-11(2)9-10-27-19-16-17(21-20(26)23(16)12(3)13(4)28-19)22-29-15-7-5-14(6-8-15)18(24)25/h5-8,11H,9-10H2,1-4H3,(H,24,25)(H,21,22,26). The molecule has 29 heavy (non-hydrogen) atoms. The van der Waals surface area contributed by atoms with Gasteiger partial charge in [0.05, 0.1) is 9.77 Å². The number of fused-ring (bicyclic) bond motifs is 1. The van der Waals surface area contributed by atoms with Gasteiger partial charge in [0, 0.05) is 15.5 Å². The number of anilines is 1. The number of aromatic nitrogens is 2. The van der Waals surface area contributed by atoms with E-state index in [1.165, 1.54) is 11.9 Å². The molecule has 0 saturated heterocycles. The summed E-state index contributed by atoms with van der Waals surface area (Å²) in [7, 11) is 0. The van der Waals surface area contributed by atoms with E-state index in [0.717, 1.165) is 37.5 Å². The molecule has 1 aromatic rings. The van der Waals surface area contributed by atoms with Gasteiger partial charge in [-0.15, -0.1) is 23.1 Å². The first-order valence-corrected chi connectivity index (χ1v) is 11.8. The van der Waals surface area contributed by atoms with Gasteiger partial charge in [0.2, 0.25) is 0 Å². The Kier molecular flexibility index (Phi) is 6.92. The van der Waals surface area contributed by atoms with Gasteiger partial charge in [-0.05, 0) is 68.2 Å². The van der Waals surface area contributed by atoms with Crippen molar-refractivity contribution in [1.29, 1.82) is 0 Å². The third kappa shape index (κ3) is 4.96. The van der Waals surface area contributed by atoms with Crippen molar-refractivity contribution in [3.8, 4) is 5.69 Å². The van der Waals surface area contributed by atoms with E-state index in [9.17, 15) is 9.59 Å². The molecular formula is C20H23N3O3S3. The molecule has 3 rings (SSSR count). The van der Waals surface area contributed by atoms with Gasteiger partial charge in [-0.3, -0.25) is 4.57 Å². The van der Waals surface area contributed by atoms with Crippen molar-refractivity contribution in [3.05, 3.63) is 50.9 Å². The highest BCUT2D eigenvalue weighted by Crippen LogP contribution is 2.39. The first kappa shape index (κ1) is 21.7. The van der Waals surface area contributed by atoms with Crippen LogP contribution in [0.4, 0.5) is 5.82 Å². The molecule has 2 aliphatic rings. The summed E-state index contributed by atoms with van der Waals surface area (Å²) < 4.78 is 5.95. The van der Waals surface area contributed by atoms with E-state index in [-0.39, 0.29) is 11.3 Å². The summed E-state index contributed by atoms with van der Waals surface area (Å²) in [6.45, 7) is 8.37. The minimum Gasteiger partial charge on any atom is -0.478 e. The van der Waals surface area contributed by atoms with E-state index in [4.69, 9.17) is 5.11 Å². The Hall–Kier alpha value is -1.97. The Bertz CT molecular complexity index is 1040. The number of imidazole rings is 1. The molecule has 0 fully saturated rings. The lowest BCUT2D eigenvalue weighted by molar-refractivity contribution is 0.0697. The molecule has 0 saturated carbocycles. The molecule has 9 heteroatoms. The van der Waals surface area contributed by atoms with Gasteiger partial charge in [-0.25, -0.2) is 9.59 Å². The van der Waals surface area contributed by atoms with E-state index < -0.39 is 5.97 Å². The number of thioether (sulfide) groups is 1. The number of hydrogen-bond donors (Lipinski definition) is 2. The van der Waals surface area contributed by atoms with Gasteiger partial charge >= 0.3 is 11.7 Å². The molecule has 0 aromatic heterocycles. The Morgan fingerprint density at radius 1 is 1.28 bits per heavy atom. The third-order valence-corrected chi connectivity index (χ3v) is 7.71. The highest BCUT2D eigenvalue weighted by molar-refractivity contribution is 8.01. The smallest absolute Gasteiger partial charge is 0.354 e. The van der Waals surface area contributed by atoms with Crippen LogP contribution in [-0.4, -0.2) is 26.4 Å². The summed E-state index contributed by atoms with van der Waals surface area (Å²) >= 11 is 4.76. The normalized spacial score (nSPS) is 11.3. The number of carboxylic acid groups (broad SMARTS) is 1. The zero-order valence-corrected chi connectivity index (χ0v) is 19.1. The third-order valence-electron chi connectivity index (χ3n) is 4.43. The molecule has 0 spiro atoms. The molecule has 0 unspecified atom stereocenters. The average molecular weight is 450 g/mol. The van der Waals surface area contributed by atoms with Crippen molar-refractivity contribution in [2.45, 2.75) is 43.2 Å². The molecule has 0 aliphatic carbocycles. The predicted octanol–water partition coefficient (Wildman–Crippen LogP) is 5.30. The number of aromatic carboxylic acids is 1. The number of nitrogens with one attached hydrogen (secondary N) is 1. The van der Waals surface area contributed by atoms with Gasteiger partial charge in [-0.1, -0.05) is 13.8 Å². The second-order valence-corrected chi connectivity index (χ2v) is 10.5. The fourth-order valence-corrected chi connectivity index (χ4v) is 6.04. The molecule has 1 aromatic carbocycles. The summed E-state index contributed by atoms with van der Waals surface area (Å²) in [5.74, 6) is 1.18. The maximum atomic E-state index is 12.6. The predicted molar refractivity (Wildman–Crippen MR) is 121 cm³/mol. The van der Waals surface area contributed by atoms with Crippen LogP contribution in [0.25, 0.3) is 5.69 Å². The summed E-state index contributed by atoms with van der Waals surface area (Å²) in [5, 5.41) is 9.02. The van der Waals surface area contributed by atoms with Gasteiger partial charge in [0.15, 0.2) is 5.82 Å². The lowest BCUT2D eigenvalue weighted by Gasteiger charge is -2.16. The molecule has 6 nitrogen and oxygen atoms in total. The SMILES string of the molecule is Cc1sc(SCCC(C)C)c2c(NSc3ccc(C(=O)O)cc3)nc(=O)n-2c1C. The highest BCUT2D eigenvalue weighted by Gasteiger charge is 2.23. The lowest BCUT2D eigenvalue weighted by atomic mass is 10.2. The molecule has 0 bridgehead atoms. The van der Waals surface area contributed by atoms with Crippen molar-refractivity contribution in [1.82, 2.24) is 9.55 Å². The van der Waals surface area contributed by atoms with Crippen LogP contribution in [0.5, 0.6) is 0 Å². The summed E-state index contributed by atoms with van der Waals surface area (Å²) in [6.07, 6.45) is 1.10. The molecule has 0 amide bonds. The van der Waals surface area contributed by atoms with E-state index in [1.807, 2.05) is 13.8 Å². The molecule has 0 radical (unpaired) electrons. The van der Waals surface area contributed by atoms with Gasteiger partial charge < -0.3 is 9.83 Å². The number of aryl methyl sites for hydroxylation is 1. The summed E-state index contributed by atoms with van der Waals surface area (Å²) in [4.78, 5) is 29.7. The van der Waals surface area contributed by atoms with Gasteiger partial charge in [0.25, 0.3) is 0 Å². The molecular weight excluding hydrogens is 426 g/mol. The Labute approximate surface area is 182 Å². The van der Waals surface area contributed by atoms with Crippen LogP contribution in [-0.2, 0) is 0 Å². The van der Waals surface area contributed by atoms with Gasteiger partial charge in [-0.2, -0.15) is 4.98 Å². The van der Waals surface area contributed by atoms with Crippen LogP contribution in [0.1, 0.15) is 41.2 Å². The monoisotopic (exact) mass is 449 g/mol. The minimum absolute atomic E-state index is 0.236. The Morgan fingerprint density at radius 2 is 1.97 bits per heavy atom. The fourth-order valence-electron chi connectivity index (χ4n) is 2.65. The number of benzene rings is 1. The molecule has 154 valence electrons. The first-order chi connectivity index (χ1) is 13.8. The minimum atomic E-state index is -0.957. The van der Waals surface area contributed by atoms with Crippen LogP contribution < -0.4 is 10.4 Å². The number of nitrogens with zero attached hydrogens (tertiary/aromatic N) is 2. The van der Waals surface area contributed by atoms with Crippen molar-refractivity contribution >= 4 is 46.8 Å². The van der Waals surface area contributed by atoms with Crippen LogP contribution in [0.2, 0.25) is 0 Å². The number of carbonyl (C=O) groups is 1. The fraction of sp³-hybridized carbons (Fsp3) is 0.350. The topological polar surface area (TPSA) is 84.2 Å². The summed E-state index contributed by atoms with van der Waals surface area (Å²) in [6, 6.07) is 6.57.